The summed E-state index contributed by atoms with van der Waals surface area (Å²) in [5.74, 6) is 1.20. The van der Waals surface area contributed by atoms with Gasteiger partial charge in [0.1, 0.15) is 37.9 Å². The van der Waals surface area contributed by atoms with Crippen LogP contribution in [0.15, 0.2) is 49.6 Å². The van der Waals surface area contributed by atoms with Crippen molar-refractivity contribution in [2.24, 2.45) is 16.2 Å². The molecule has 2 aliphatic heterocycles. The number of esters is 2. The number of carbonyl (C=O) groups is 2. The number of hydrogen-bond acceptors (Lipinski definition) is 10. The first kappa shape index (κ1) is 48.0. The van der Waals surface area contributed by atoms with Gasteiger partial charge in [-0.2, -0.15) is 0 Å². The maximum Gasteiger partial charge on any atom is 0.306 e. The normalized spacial score (nSPS) is 20.2. The van der Waals surface area contributed by atoms with Gasteiger partial charge >= 0.3 is 11.9 Å². The number of rotatable bonds is 18. The highest BCUT2D eigenvalue weighted by Crippen LogP contribution is 2.40. The predicted octanol–water partition coefficient (Wildman–Crippen LogP) is 9.46. The molecule has 0 amide bonds. The average Bonchev–Trinajstić information content (AvgIpc) is 3.16. The third kappa shape index (κ3) is 13.1. The van der Waals surface area contributed by atoms with Gasteiger partial charge in [-0.25, -0.2) is 0 Å². The van der Waals surface area contributed by atoms with Crippen molar-refractivity contribution in [1.29, 1.82) is 0 Å². The average molecular weight is 821 g/mol. The largest absolute Gasteiger partial charge is 0.489 e. The van der Waals surface area contributed by atoms with Crippen LogP contribution in [0.2, 0.25) is 0 Å². The van der Waals surface area contributed by atoms with E-state index in [4.69, 9.17) is 37.9 Å². The molecule has 0 radical (unpaired) electrons. The molecule has 0 aromatic heterocycles. The number of carbonyl (C=O) groups excluding carboxylic acids is 2. The molecule has 2 heterocycles. The Bertz CT molecular complexity index is 1630. The Morgan fingerprint density at radius 2 is 0.966 bits per heavy atom. The third-order valence-electron chi connectivity index (χ3n) is 10.9. The summed E-state index contributed by atoms with van der Waals surface area (Å²) in [6, 6.07) is 8.42. The highest BCUT2D eigenvalue weighted by atomic mass is 16.7. The van der Waals surface area contributed by atoms with Crippen LogP contribution in [0.3, 0.4) is 0 Å². The van der Waals surface area contributed by atoms with E-state index in [0.717, 1.165) is 44.9 Å². The quantitative estimate of drug-likeness (QED) is 0.107. The van der Waals surface area contributed by atoms with Crippen LogP contribution in [0.1, 0.15) is 115 Å². The fourth-order valence-corrected chi connectivity index (χ4v) is 7.33. The summed E-state index contributed by atoms with van der Waals surface area (Å²) in [7, 11) is 0. The molecular formula is C49H72O10. The monoisotopic (exact) mass is 821 g/mol. The van der Waals surface area contributed by atoms with Crippen molar-refractivity contribution in [2.75, 3.05) is 52.9 Å². The van der Waals surface area contributed by atoms with E-state index in [9.17, 15) is 9.59 Å². The first-order valence-corrected chi connectivity index (χ1v) is 21.0. The first-order valence-electron chi connectivity index (χ1n) is 21.0. The van der Waals surface area contributed by atoms with Gasteiger partial charge in [0.05, 0.1) is 31.8 Å². The van der Waals surface area contributed by atoms with Gasteiger partial charge in [0.15, 0.2) is 12.6 Å². The molecule has 2 aliphatic rings. The van der Waals surface area contributed by atoms with Crippen LogP contribution in [0, 0.1) is 30.1 Å². The number of benzene rings is 2. The van der Waals surface area contributed by atoms with E-state index >= 15 is 0 Å². The minimum Gasteiger partial charge on any atom is -0.489 e. The molecule has 0 atom stereocenters. The fraction of sp³-hybridized carbons (Fsp3) is 0.633. The van der Waals surface area contributed by atoms with Crippen molar-refractivity contribution in [3.63, 3.8) is 0 Å². The van der Waals surface area contributed by atoms with Gasteiger partial charge in [0.2, 0.25) is 0 Å². The summed E-state index contributed by atoms with van der Waals surface area (Å²) in [6.45, 7) is 35.1. The lowest BCUT2D eigenvalue weighted by molar-refractivity contribution is -0.337. The standard InChI is InChI=1S/C49H72O10/c1-15-21-52-41-33(3)23-35(25-37(41)45(5,6)7)17-19-39(50)54-27-47(11,12)43-56-29-49(30-57-43)31-58-44(59-32-49)48(13,14)28-55-40(51)20-18-36-24-34(4)42(53-22-16-2)38(26-36)46(8,9)10/h15-16,23-26,43-44H,1-2,17-22,27-32H2,3-14H3. The molecule has 0 unspecified atom stereocenters. The highest BCUT2D eigenvalue weighted by Gasteiger charge is 2.48. The molecule has 1 spiro atoms. The Labute approximate surface area is 354 Å². The van der Waals surface area contributed by atoms with Crippen molar-refractivity contribution in [3.05, 3.63) is 83.0 Å². The molecule has 10 heteroatoms. The topological polar surface area (TPSA) is 108 Å². The molecule has 0 bridgehead atoms. The summed E-state index contributed by atoms with van der Waals surface area (Å²) in [5, 5.41) is 0. The van der Waals surface area contributed by atoms with Gasteiger partial charge in [-0.1, -0.05) is 119 Å². The van der Waals surface area contributed by atoms with Crippen molar-refractivity contribution in [2.45, 2.75) is 132 Å². The smallest absolute Gasteiger partial charge is 0.306 e. The number of ether oxygens (including phenoxy) is 8. The molecule has 59 heavy (non-hydrogen) atoms. The summed E-state index contributed by atoms with van der Waals surface area (Å²) >= 11 is 0. The summed E-state index contributed by atoms with van der Waals surface area (Å²) in [5.41, 5.74) is 4.52. The second-order valence-corrected chi connectivity index (χ2v) is 20.0. The molecular weight excluding hydrogens is 749 g/mol. The second kappa shape index (κ2) is 19.8. The van der Waals surface area contributed by atoms with Crippen LogP contribution in [-0.2, 0) is 61.7 Å². The van der Waals surface area contributed by atoms with Crippen LogP contribution >= 0.6 is 0 Å². The minimum absolute atomic E-state index is 0.125. The highest BCUT2D eigenvalue weighted by molar-refractivity contribution is 5.70. The summed E-state index contributed by atoms with van der Waals surface area (Å²) < 4.78 is 48.5. The Balaban J connectivity index is 1.20. The lowest BCUT2D eigenvalue weighted by atomic mass is 9.83. The molecule has 2 saturated heterocycles. The summed E-state index contributed by atoms with van der Waals surface area (Å²) in [4.78, 5) is 25.9. The SMILES string of the molecule is C=CCOc1c(C)cc(CCC(=O)OCC(C)(C)C2OCC3(CO2)COC(C(C)(C)COC(=O)CCc2cc(C)c(OCC=C)c(C(C)(C)C)c2)OC3)cc1C(C)(C)C. The van der Waals surface area contributed by atoms with Crippen LogP contribution < -0.4 is 9.47 Å². The van der Waals surface area contributed by atoms with E-state index in [0.29, 0.717) is 52.5 Å². The van der Waals surface area contributed by atoms with Gasteiger partial charge in [0.25, 0.3) is 0 Å². The zero-order valence-electron chi connectivity index (χ0n) is 38.1. The van der Waals surface area contributed by atoms with Gasteiger partial charge in [0, 0.05) is 34.8 Å². The van der Waals surface area contributed by atoms with E-state index in [-0.39, 0.29) is 48.8 Å². The number of aryl methyl sites for hydroxylation is 4. The van der Waals surface area contributed by atoms with Crippen molar-refractivity contribution >= 4 is 11.9 Å². The van der Waals surface area contributed by atoms with Crippen LogP contribution in [0.25, 0.3) is 0 Å². The molecule has 328 valence electrons. The van der Waals surface area contributed by atoms with E-state index < -0.39 is 28.8 Å². The molecule has 0 saturated carbocycles. The maximum atomic E-state index is 12.9. The van der Waals surface area contributed by atoms with Crippen molar-refractivity contribution in [3.8, 4) is 11.5 Å². The Kier molecular flexibility index (Phi) is 16.1. The predicted molar refractivity (Wildman–Crippen MR) is 231 cm³/mol. The molecule has 0 N–H and O–H groups in total. The molecule has 2 aromatic carbocycles. The van der Waals surface area contributed by atoms with Crippen LogP contribution in [0.4, 0.5) is 0 Å². The van der Waals surface area contributed by atoms with Crippen LogP contribution in [0.5, 0.6) is 11.5 Å². The van der Waals surface area contributed by atoms with Gasteiger partial charge < -0.3 is 37.9 Å². The number of hydrogen-bond donors (Lipinski definition) is 0. The van der Waals surface area contributed by atoms with Crippen molar-refractivity contribution in [1.82, 2.24) is 0 Å². The Hall–Kier alpha value is -3.70. The summed E-state index contributed by atoms with van der Waals surface area (Å²) in [6.07, 6.45) is 3.98. The molecule has 2 fully saturated rings. The zero-order valence-corrected chi connectivity index (χ0v) is 38.1. The lowest BCUT2D eigenvalue weighted by Gasteiger charge is -2.48. The van der Waals surface area contributed by atoms with E-state index in [2.05, 4.69) is 79.0 Å². The lowest BCUT2D eigenvalue weighted by Crippen LogP contribution is -2.57. The molecule has 0 aliphatic carbocycles. The molecule has 4 rings (SSSR count). The first-order chi connectivity index (χ1) is 27.5. The molecule has 10 nitrogen and oxygen atoms in total. The van der Waals surface area contributed by atoms with E-state index in [1.54, 1.807) is 12.2 Å². The van der Waals surface area contributed by atoms with Crippen LogP contribution in [-0.4, -0.2) is 77.4 Å². The van der Waals surface area contributed by atoms with Gasteiger partial charge in [-0.05, 0) is 59.8 Å². The second-order valence-electron chi connectivity index (χ2n) is 20.0. The van der Waals surface area contributed by atoms with Gasteiger partial charge in [-0.15, -0.1) is 0 Å². The fourth-order valence-electron chi connectivity index (χ4n) is 7.33. The zero-order chi connectivity index (χ0) is 43.8. The maximum absolute atomic E-state index is 12.9. The molecule has 2 aromatic rings. The van der Waals surface area contributed by atoms with E-state index in [1.165, 1.54) is 0 Å². The Morgan fingerprint density at radius 3 is 1.27 bits per heavy atom. The minimum atomic E-state index is -0.584. The third-order valence-corrected chi connectivity index (χ3v) is 10.9. The Morgan fingerprint density at radius 1 is 0.627 bits per heavy atom. The van der Waals surface area contributed by atoms with Gasteiger partial charge in [-0.3, -0.25) is 9.59 Å². The van der Waals surface area contributed by atoms with E-state index in [1.807, 2.05) is 41.5 Å². The van der Waals surface area contributed by atoms with Crippen molar-refractivity contribution < 1.29 is 47.5 Å².